The molecule has 1 aliphatic heterocycles. The number of carbonyl (C=O) groups excluding carboxylic acids is 1. The van der Waals surface area contributed by atoms with Crippen molar-refractivity contribution in [2.75, 3.05) is 24.5 Å². The lowest BCUT2D eigenvalue weighted by atomic mass is 10.00. The van der Waals surface area contributed by atoms with Gasteiger partial charge in [0, 0.05) is 29.7 Å². The summed E-state index contributed by atoms with van der Waals surface area (Å²) in [5.74, 6) is -0.268. The van der Waals surface area contributed by atoms with Gasteiger partial charge in [-0.1, -0.05) is 54.4 Å². The van der Waals surface area contributed by atoms with Crippen molar-refractivity contribution in [2.24, 2.45) is 5.73 Å². The van der Waals surface area contributed by atoms with Gasteiger partial charge in [-0.25, -0.2) is 0 Å². The van der Waals surface area contributed by atoms with Crippen molar-refractivity contribution in [3.05, 3.63) is 63.1 Å². The molecule has 1 saturated heterocycles. The summed E-state index contributed by atoms with van der Waals surface area (Å²) in [6, 6.07) is 11.8. The summed E-state index contributed by atoms with van der Waals surface area (Å²) in [4.78, 5) is 16.5. The minimum atomic E-state index is -0.948. The Morgan fingerprint density at radius 1 is 1.10 bits per heavy atom. The Bertz CT molecular complexity index is 846. The lowest BCUT2D eigenvalue weighted by molar-refractivity contribution is -0.135. The fourth-order valence-corrected chi connectivity index (χ4v) is 4.02. The van der Waals surface area contributed by atoms with E-state index >= 15 is 0 Å². The van der Waals surface area contributed by atoms with E-state index in [0.717, 1.165) is 11.3 Å². The van der Waals surface area contributed by atoms with E-state index in [2.05, 4.69) is 4.90 Å². The molecule has 29 heavy (non-hydrogen) atoms. The van der Waals surface area contributed by atoms with Crippen molar-refractivity contribution in [1.29, 1.82) is 0 Å². The van der Waals surface area contributed by atoms with Crippen LogP contribution in [0.1, 0.15) is 26.0 Å². The van der Waals surface area contributed by atoms with Crippen LogP contribution in [0.5, 0.6) is 0 Å². The van der Waals surface area contributed by atoms with E-state index < -0.39 is 12.1 Å². The Morgan fingerprint density at radius 2 is 1.72 bits per heavy atom. The Balaban J connectivity index is 0.00000300. The van der Waals surface area contributed by atoms with Crippen LogP contribution < -0.4 is 10.6 Å². The lowest BCUT2D eigenvalue weighted by Crippen LogP contribution is -2.56. The number of carbonyl (C=O) groups is 1. The Labute approximate surface area is 186 Å². The second-order valence-electron chi connectivity index (χ2n) is 6.91. The number of benzene rings is 2. The first kappa shape index (κ1) is 23.8. The molecule has 8 heteroatoms. The number of aliphatic hydroxyl groups is 1. The second-order valence-corrected chi connectivity index (χ2v) is 8.19. The first-order valence-electron chi connectivity index (χ1n) is 8.97. The second kappa shape index (κ2) is 10.0. The van der Waals surface area contributed by atoms with Gasteiger partial charge in [0.25, 0.3) is 0 Å². The third-order valence-electron chi connectivity index (χ3n) is 4.97. The van der Waals surface area contributed by atoms with Crippen LogP contribution in [0.3, 0.4) is 0 Å². The topological polar surface area (TPSA) is 69.8 Å². The average molecular weight is 459 g/mol. The molecule has 2 aromatic rings. The quantitative estimate of drug-likeness (QED) is 0.713. The molecule has 0 aromatic heterocycles. The molecule has 1 aliphatic rings. The third kappa shape index (κ3) is 5.36. The maximum Gasteiger partial charge on any atom is 0.242 e. The summed E-state index contributed by atoms with van der Waals surface area (Å²) in [6.45, 7) is 2.97. The van der Waals surface area contributed by atoms with Gasteiger partial charge in [0.2, 0.25) is 5.91 Å². The minimum Gasteiger partial charge on any atom is -0.391 e. The van der Waals surface area contributed by atoms with Crippen molar-refractivity contribution >= 4 is 46.4 Å². The van der Waals surface area contributed by atoms with Crippen LogP contribution in [0.4, 0.5) is 5.69 Å². The third-order valence-corrected chi connectivity index (χ3v) is 5.76. The van der Waals surface area contributed by atoms with Crippen LogP contribution in [-0.2, 0) is 4.79 Å². The average Bonchev–Trinajstić information content (AvgIpc) is 2.67. The molecule has 0 radical (unpaired) electrons. The molecule has 0 unspecified atom stereocenters. The Kier molecular flexibility index (Phi) is 8.20. The molecule has 3 rings (SSSR count). The molecule has 0 saturated carbocycles. The highest BCUT2D eigenvalue weighted by molar-refractivity contribution is 6.36. The highest BCUT2D eigenvalue weighted by Crippen LogP contribution is 2.36. The molecule has 1 heterocycles. The maximum atomic E-state index is 12.7. The molecule has 0 aliphatic carbocycles. The first-order chi connectivity index (χ1) is 13.3. The van der Waals surface area contributed by atoms with E-state index in [1.54, 1.807) is 17.0 Å². The lowest BCUT2D eigenvalue weighted by Gasteiger charge is -2.44. The maximum absolute atomic E-state index is 12.7. The number of aliphatic hydroxyl groups excluding tert-OH is 1. The number of hydrogen-bond donors (Lipinski definition) is 2. The summed E-state index contributed by atoms with van der Waals surface area (Å²) in [5.41, 5.74) is 7.72. The first-order valence-corrected chi connectivity index (χ1v) is 10.1. The minimum absolute atomic E-state index is 0. The van der Waals surface area contributed by atoms with Crippen LogP contribution in [0.25, 0.3) is 0 Å². The zero-order valence-electron chi connectivity index (χ0n) is 15.4. The normalized spacial score (nSPS) is 18.8. The molecule has 158 valence electrons. The molecule has 3 atom stereocenters. The zero-order valence-corrected chi connectivity index (χ0v) is 17.6. The number of nitrogens with two attached hydrogens (primary N) is 1. The molecule has 3 N–H and O–H groups in total. The van der Waals surface area contributed by atoms with Gasteiger partial charge < -0.3 is 20.6 Å². The largest absolute Gasteiger partial charge is 0.391 e. The molecule has 1 amide bonds. The summed E-state index contributed by atoms with van der Waals surface area (Å²) in [7, 11) is 0. The number of amides is 1. The highest BCUT2D eigenvalue weighted by Gasteiger charge is 2.34. The van der Waals surface area contributed by atoms with Gasteiger partial charge in [-0.05, 0) is 42.8 Å². The van der Waals surface area contributed by atoms with Gasteiger partial charge in [0.1, 0.15) is 6.04 Å². The van der Waals surface area contributed by atoms with Gasteiger partial charge in [-0.15, -0.1) is 0 Å². The van der Waals surface area contributed by atoms with Crippen LogP contribution >= 0.6 is 34.8 Å². The summed E-state index contributed by atoms with van der Waals surface area (Å²) >= 11 is 18.5. The van der Waals surface area contributed by atoms with Crippen LogP contribution in [0.15, 0.2) is 42.5 Å². The fraction of sp³-hybridized carbons (Fsp3) is 0.381. The van der Waals surface area contributed by atoms with Gasteiger partial charge >= 0.3 is 0 Å². The van der Waals surface area contributed by atoms with Crippen molar-refractivity contribution in [3.63, 3.8) is 0 Å². The van der Waals surface area contributed by atoms with E-state index in [0.29, 0.717) is 34.7 Å². The zero-order chi connectivity index (χ0) is 20.4. The number of halogens is 3. The summed E-state index contributed by atoms with van der Waals surface area (Å²) in [5, 5.41) is 11.5. The Morgan fingerprint density at radius 3 is 2.31 bits per heavy atom. The SMILES string of the molecule is C.C[C@@H](O)[C@H](N)C(=O)N1CCN(c2ccc(Cl)cc2Cl)[C@H](c2ccc(Cl)cc2)C1. The number of piperazine rings is 1. The summed E-state index contributed by atoms with van der Waals surface area (Å²) in [6.07, 6.45) is -0.912. The van der Waals surface area contributed by atoms with Gasteiger partial charge in [0.15, 0.2) is 0 Å². The molecule has 0 spiro atoms. The molecular weight excluding hydrogens is 433 g/mol. The Hall–Kier alpha value is -1.50. The predicted octanol–water partition coefficient (Wildman–Crippen LogP) is 4.38. The number of anilines is 1. The smallest absolute Gasteiger partial charge is 0.242 e. The van der Waals surface area contributed by atoms with Crippen LogP contribution in [0.2, 0.25) is 15.1 Å². The standard InChI is InChI=1S/C20H22Cl3N3O2.CH4/c1-12(27)19(24)20(28)25-8-9-26(17-7-6-15(22)10-16(17)23)18(11-25)13-2-4-14(21)5-3-13;/h2-7,10,12,18-19,27H,8-9,11,24H2,1H3;1H4/t12-,18+,19+;/m1./s1. The molecule has 1 fully saturated rings. The molecule has 0 bridgehead atoms. The van der Waals surface area contributed by atoms with Crippen molar-refractivity contribution in [3.8, 4) is 0 Å². The fourth-order valence-electron chi connectivity index (χ4n) is 3.37. The van der Waals surface area contributed by atoms with Crippen molar-refractivity contribution in [1.82, 2.24) is 4.90 Å². The monoisotopic (exact) mass is 457 g/mol. The van der Waals surface area contributed by atoms with Gasteiger partial charge in [-0.2, -0.15) is 0 Å². The van der Waals surface area contributed by atoms with Crippen LogP contribution in [0, 0.1) is 0 Å². The van der Waals surface area contributed by atoms with E-state index in [9.17, 15) is 9.90 Å². The predicted molar refractivity (Wildman–Crippen MR) is 121 cm³/mol. The van der Waals surface area contributed by atoms with Gasteiger partial charge in [0.05, 0.1) is 22.9 Å². The van der Waals surface area contributed by atoms with Crippen molar-refractivity contribution < 1.29 is 9.90 Å². The van der Waals surface area contributed by atoms with Crippen LogP contribution in [-0.4, -0.2) is 47.7 Å². The molecular formula is C21H26Cl3N3O2. The van der Waals surface area contributed by atoms with E-state index in [-0.39, 0.29) is 19.4 Å². The number of rotatable bonds is 4. The number of hydrogen-bond acceptors (Lipinski definition) is 4. The molecule has 5 nitrogen and oxygen atoms in total. The highest BCUT2D eigenvalue weighted by atomic mass is 35.5. The van der Waals surface area contributed by atoms with Crippen molar-refractivity contribution in [2.45, 2.75) is 32.5 Å². The van der Waals surface area contributed by atoms with Gasteiger partial charge in [-0.3, -0.25) is 4.79 Å². The van der Waals surface area contributed by atoms with E-state index in [1.165, 1.54) is 6.92 Å². The van der Waals surface area contributed by atoms with E-state index in [1.807, 2.05) is 30.3 Å². The van der Waals surface area contributed by atoms with E-state index in [4.69, 9.17) is 40.5 Å². The number of nitrogens with zero attached hydrogens (tertiary/aromatic N) is 2. The summed E-state index contributed by atoms with van der Waals surface area (Å²) < 4.78 is 0. The molecule has 2 aromatic carbocycles.